The molecule has 0 fully saturated rings. The SMILES string of the molecule is O=C1c2ccccc2C(=O)N1c1cc(Cl)c(F)c(Cl)c1F. The number of rotatable bonds is 1. The van der Waals surface area contributed by atoms with Gasteiger partial charge < -0.3 is 0 Å². The first-order valence-corrected chi connectivity index (χ1v) is 6.50. The summed E-state index contributed by atoms with van der Waals surface area (Å²) >= 11 is 11.1. The molecule has 0 atom stereocenters. The highest BCUT2D eigenvalue weighted by atomic mass is 35.5. The maximum absolute atomic E-state index is 14.1. The molecule has 0 N–H and O–H groups in total. The number of anilines is 1. The Hall–Kier alpha value is -1.98. The van der Waals surface area contributed by atoms with Crippen LogP contribution >= 0.6 is 23.2 Å². The summed E-state index contributed by atoms with van der Waals surface area (Å²) in [6.07, 6.45) is 0. The van der Waals surface area contributed by atoms with Crippen LogP contribution in [-0.4, -0.2) is 11.8 Å². The molecule has 21 heavy (non-hydrogen) atoms. The molecule has 0 saturated carbocycles. The second-order valence-electron chi connectivity index (χ2n) is 4.31. The van der Waals surface area contributed by atoms with Crippen molar-refractivity contribution in [3.05, 3.63) is 63.1 Å². The van der Waals surface area contributed by atoms with E-state index >= 15 is 0 Å². The number of amides is 2. The summed E-state index contributed by atoms with van der Waals surface area (Å²) in [6.45, 7) is 0. The van der Waals surface area contributed by atoms with Gasteiger partial charge in [0, 0.05) is 0 Å². The van der Waals surface area contributed by atoms with E-state index < -0.39 is 39.2 Å². The standard InChI is InChI=1S/C14H5Cl2F2NO2/c15-8-5-9(12(18)10(16)11(8)17)19-13(20)6-3-1-2-4-7(6)14(19)21/h1-5H. The number of hydrogen-bond donors (Lipinski definition) is 0. The Kier molecular flexibility index (Phi) is 3.19. The Labute approximate surface area is 127 Å². The van der Waals surface area contributed by atoms with Gasteiger partial charge in [0.25, 0.3) is 11.8 Å². The predicted octanol–water partition coefficient (Wildman–Crippen LogP) is 4.07. The van der Waals surface area contributed by atoms with Crippen molar-refractivity contribution in [2.45, 2.75) is 0 Å². The lowest BCUT2D eigenvalue weighted by Crippen LogP contribution is -2.30. The zero-order valence-corrected chi connectivity index (χ0v) is 11.7. The number of benzene rings is 2. The van der Waals surface area contributed by atoms with E-state index in [0.29, 0.717) is 4.90 Å². The van der Waals surface area contributed by atoms with Gasteiger partial charge in [-0.2, -0.15) is 0 Å². The number of halogens is 4. The van der Waals surface area contributed by atoms with E-state index in [0.717, 1.165) is 6.07 Å². The first-order chi connectivity index (χ1) is 9.93. The molecule has 0 aromatic heterocycles. The van der Waals surface area contributed by atoms with Gasteiger partial charge in [-0.1, -0.05) is 35.3 Å². The van der Waals surface area contributed by atoms with Crippen LogP contribution in [0.5, 0.6) is 0 Å². The van der Waals surface area contributed by atoms with Crippen LogP contribution in [0.25, 0.3) is 0 Å². The molecule has 7 heteroatoms. The minimum Gasteiger partial charge on any atom is -0.268 e. The van der Waals surface area contributed by atoms with Crippen molar-refractivity contribution in [2.75, 3.05) is 4.90 Å². The molecule has 1 heterocycles. The van der Waals surface area contributed by atoms with Crippen molar-refractivity contribution in [1.29, 1.82) is 0 Å². The third-order valence-corrected chi connectivity index (χ3v) is 3.73. The van der Waals surface area contributed by atoms with Crippen LogP contribution in [0.2, 0.25) is 10.0 Å². The van der Waals surface area contributed by atoms with Gasteiger partial charge in [0.1, 0.15) is 5.02 Å². The summed E-state index contributed by atoms with van der Waals surface area (Å²) in [6, 6.07) is 6.91. The largest absolute Gasteiger partial charge is 0.268 e. The van der Waals surface area contributed by atoms with Crippen LogP contribution in [0.1, 0.15) is 20.7 Å². The molecular weight excluding hydrogens is 323 g/mol. The fraction of sp³-hybridized carbons (Fsp3) is 0. The molecule has 0 radical (unpaired) electrons. The number of carbonyl (C=O) groups excluding carboxylic acids is 2. The second kappa shape index (κ2) is 4.79. The van der Waals surface area contributed by atoms with Gasteiger partial charge in [0.05, 0.1) is 21.8 Å². The Morgan fingerprint density at radius 1 is 0.905 bits per heavy atom. The highest BCUT2D eigenvalue weighted by molar-refractivity contribution is 6.38. The van der Waals surface area contributed by atoms with Crippen LogP contribution in [0, 0.1) is 11.6 Å². The first-order valence-electron chi connectivity index (χ1n) is 5.74. The number of carbonyl (C=O) groups is 2. The van der Waals surface area contributed by atoms with Gasteiger partial charge >= 0.3 is 0 Å². The summed E-state index contributed by atoms with van der Waals surface area (Å²) in [5, 5.41) is -1.35. The molecule has 0 aliphatic carbocycles. The Morgan fingerprint density at radius 2 is 1.43 bits per heavy atom. The number of nitrogens with zero attached hydrogens (tertiary/aromatic N) is 1. The van der Waals surface area contributed by atoms with Gasteiger partial charge in [0.2, 0.25) is 0 Å². The van der Waals surface area contributed by atoms with E-state index in [1.54, 1.807) is 12.1 Å². The topological polar surface area (TPSA) is 37.4 Å². The molecule has 2 aromatic rings. The van der Waals surface area contributed by atoms with Gasteiger partial charge in [0.15, 0.2) is 11.6 Å². The smallest absolute Gasteiger partial charge is 0.266 e. The van der Waals surface area contributed by atoms with Crippen molar-refractivity contribution < 1.29 is 18.4 Å². The summed E-state index contributed by atoms with van der Waals surface area (Å²) in [7, 11) is 0. The Balaban J connectivity index is 2.21. The van der Waals surface area contributed by atoms with Crippen molar-refractivity contribution in [3.63, 3.8) is 0 Å². The highest BCUT2D eigenvalue weighted by Gasteiger charge is 2.38. The third kappa shape index (κ3) is 1.92. The molecule has 0 unspecified atom stereocenters. The lowest BCUT2D eigenvalue weighted by molar-refractivity contribution is 0.0925. The normalized spacial score (nSPS) is 13.8. The summed E-state index contributed by atoms with van der Waals surface area (Å²) in [5.74, 6) is -3.79. The molecule has 3 nitrogen and oxygen atoms in total. The quantitative estimate of drug-likeness (QED) is 0.449. The lowest BCUT2D eigenvalue weighted by Gasteiger charge is -2.16. The van der Waals surface area contributed by atoms with Crippen molar-refractivity contribution in [2.24, 2.45) is 0 Å². The van der Waals surface area contributed by atoms with E-state index in [4.69, 9.17) is 23.2 Å². The fourth-order valence-corrected chi connectivity index (χ4v) is 2.58. The zero-order valence-electron chi connectivity index (χ0n) is 10.2. The molecule has 0 bridgehead atoms. The van der Waals surface area contributed by atoms with Gasteiger partial charge in [-0.3, -0.25) is 9.59 Å². The highest BCUT2D eigenvalue weighted by Crippen LogP contribution is 2.37. The molecular formula is C14H5Cl2F2NO2. The number of imide groups is 1. The minimum absolute atomic E-state index is 0.137. The average molecular weight is 328 g/mol. The molecule has 3 rings (SSSR count). The van der Waals surface area contributed by atoms with Crippen LogP contribution in [-0.2, 0) is 0 Å². The Morgan fingerprint density at radius 3 is 1.95 bits per heavy atom. The maximum atomic E-state index is 14.1. The van der Waals surface area contributed by atoms with Gasteiger partial charge in [-0.05, 0) is 18.2 Å². The maximum Gasteiger partial charge on any atom is 0.266 e. The van der Waals surface area contributed by atoms with Crippen LogP contribution in [0.4, 0.5) is 14.5 Å². The minimum atomic E-state index is -1.21. The summed E-state index contributed by atoms with van der Waals surface area (Å²) in [4.78, 5) is 25.0. The first kappa shape index (κ1) is 14.0. The van der Waals surface area contributed by atoms with Crippen LogP contribution in [0.15, 0.2) is 30.3 Å². The zero-order chi connectivity index (χ0) is 15.3. The van der Waals surface area contributed by atoms with Crippen LogP contribution in [0.3, 0.4) is 0 Å². The third-order valence-electron chi connectivity index (χ3n) is 3.12. The summed E-state index contributed by atoms with van der Waals surface area (Å²) < 4.78 is 27.5. The molecule has 1 aliphatic rings. The molecule has 2 aromatic carbocycles. The van der Waals surface area contributed by atoms with Crippen molar-refractivity contribution in [3.8, 4) is 0 Å². The summed E-state index contributed by atoms with van der Waals surface area (Å²) in [5.41, 5.74) is -0.200. The van der Waals surface area contributed by atoms with E-state index in [1.807, 2.05) is 0 Å². The van der Waals surface area contributed by atoms with E-state index in [-0.39, 0.29) is 11.1 Å². The number of fused-ring (bicyclic) bond motifs is 1. The molecule has 106 valence electrons. The molecule has 0 spiro atoms. The fourth-order valence-electron chi connectivity index (χ4n) is 2.13. The van der Waals surface area contributed by atoms with Crippen LogP contribution < -0.4 is 4.90 Å². The van der Waals surface area contributed by atoms with Gasteiger partial charge in [-0.25, -0.2) is 13.7 Å². The average Bonchev–Trinajstić information content (AvgIpc) is 2.73. The predicted molar refractivity (Wildman–Crippen MR) is 74.0 cm³/mol. The monoisotopic (exact) mass is 327 g/mol. The number of hydrogen-bond acceptors (Lipinski definition) is 2. The van der Waals surface area contributed by atoms with E-state index in [2.05, 4.69) is 0 Å². The molecule has 1 aliphatic heterocycles. The van der Waals surface area contributed by atoms with E-state index in [9.17, 15) is 18.4 Å². The Bertz CT molecular complexity index is 773. The second-order valence-corrected chi connectivity index (χ2v) is 5.10. The lowest BCUT2D eigenvalue weighted by atomic mass is 10.1. The van der Waals surface area contributed by atoms with Crippen molar-refractivity contribution >= 4 is 40.7 Å². The molecule has 0 saturated heterocycles. The van der Waals surface area contributed by atoms with Crippen molar-refractivity contribution in [1.82, 2.24) is 0 Å². The van der Waals surface area contributed by atoms with E-state index in [1.165, 1.54) is 12.1 Å². The van der Waals surface area contributed by atoms with Gasteiger partial charge in [-0.15, -0.1) is 0 Å². The molecule has 2 amide bonds.